The minimum atomic E-state index is -0.281. The quantitative estimate of drug-likeness (QED) is 0.658. The van der Waals surface area contributed by atoms with Gasteiger partial charge in [-0.3, -0.25) is 9.89 Å². The van der Waals surface area contributed by atoms with E-state index in [0.717, 1.165) is 11.0 Å². The Morgan fingerprint density at radius 2 is 1.96 bits per heavy atom. The molecule has 0 unspecified atom stereocenters. The van der Waals surface area contributed by atoms with E-state index in [-0.39, 0.29) is 12.4 Å². The molecule has 0 bridgehead atoms. The molecule has 3 rings (SSSR count). The predicted octanol–water partition coefficient (Wildman–Crippen LogP) is 1.20. The Morgan fingerprint density at radius 3 is 2.65 bits per heavy atom. The number of methoxy groups -OCH3 is 3. The van der Waals surface area contributed by atoms with Crippen LogP contribution < -0.4 is 14.8 Å². The number of imidazole rings is 1. The highest BCUT2D eigenvalue weighted by Gasteiger charge is 2.14. The van der Waals surface area contributed by atoms with Gasteiger partial charge in [-0.05, 0) is 0 Å². The minimum absolute atomic E-state index is 0.255. The number of carbonyl (C=O) groups is 1. The van der Waals surface area contributed by atoms with Crippen LogP contribution in [0.1, 0.15) is 6.42 Å². The zero-order valence-corrected chi connectivity index (χ0v) is 13.0. The second-order valence-corrected chi connectivity index (χ2v) is 4.77. The molecule has 0 aliphatic heterocycles. The van der Waals surface area contributed by atoms with Gasteiger partial charge in [-0.15, -0.1) is 0 Å². The van der Waals surface area contributed by atoms with Crippen LogP contribution in [0.3, 0.4) is 0 Å². The van der Waals surface area contributed by atoms with Crippen molar-refractivity contribution in [1.82, 2.24) is 19.6 Å². The molecule has 0 spiro atoms. The first-order valence-electron chi connectivity index (χ1n) is 6.97. The first-order chi connectivity index (χ1) is 11.2. The van der Waals surface area contributed by atoms with Gasteiger partial charge in [0.05, 0.1) is 38.8 Å². The molecule has 9 heteroatoms. The number of nitrogens with one attached hydrogen (secondary N) is 2. The molecule has 0 fully saturated rings. The Balaban J connectivity index is 1.89. The number of H-pyrrole nitrogens is 1. The van der Waals surface area contributed by atoms with Gasteiger partial charge in [-0.2, -0.15) is 4.98 Å². The van der Waals surface area contributed by atoms with E-state index >= 15 is 0 Å². The lowest BCUT2D eigenvalue weighted by Gasteiger charge is -2.06. The minimum Gasteiger partial charge on any atom is -0.493 e. The summed E-state index contributed by atoms with van der Waals surface area (Å²) in [6.45, 7) is 0.415. The maximum atomic E-state index is 11.1. The van der Waals surface area contributed by atoms with Gasteiger partial charge < -0.3 is 19.5 Å². The highest BCUT2D eigenvalue weighted by Crippen LogP contribution is 2.32. The third-order valence-corrected chi connectivity index (χ3v) is 3.42. The van der Waals surface area contributed by atoms with Crippen LogP contribution in [0.2, 0.25) is 0 Å². The number of nitrogens with zero attached hydrogens (tertiary/aromatic N) is 3. The van der Waals surface area contributed by atoms with Gasteiger partial charge in [-0.1, -0.05) is 0 Å². The molecular formula is C14H17N5O4. The van der Waals surface area contributed by atoms with Crippen molar-refractivity contribution >= 4 is 28.7 Å². The Kier molecular flexibility index (Phi) is 3.92. The second kappa shape index (κ2) is 6.03. The molecule has 0 saturated carbocycles. The number of esters is 1. The lowest BCUT2D eigenvalue weighted by molar-refractivity contribution is -0.140. The summed E-state index contributed by atoms with van der Waals surface area (Å²) < 4.78 is 16.9. The van der Waals surface area contributed by atoms with Crippen LogP contribution in [-0.2, 0) is 9.53 Å². The first-order valence-corrected chi connectivity index (χ1v) is 6.97. The number of ether oxygens (including phenoxy) is 3. The van der Waals surface area contributed by atoms with Gasteiger partial charge in [0.25, 0.3) is 5.78 Å². The molecule has 0 saturated heterocycles. The van der Waals surface area contributed by atoms with Gasteiger partial charge >= 0.3 is 5.97 Å². The highest BCUT2D eigenvalue weighted by molar-refractivity contribution is 5.83. The van der Waals surface area contributed by atoms with Gasteiger partial charge in [-0.25, -0.2) is 9.50 Å². The van der Waals surface area contributed by atoms with Crippen LogP contribution in [0.5, 0.6) is 11.5 Å². The number of hydrogen-bond donors (Lipinski definition) is 2. The summed E-state index contributed by atoms with van der Waals surface area (Å²) in [6.07, 6.45) is 0.255. The van der Waals surface area contributed by atoms with Gasteiger partial charge in [0.15, 0.2) is 11.5 Å². The van der Waals surface area contributed by atoms with Gasteiger partial charge in [0, 0.05) is 18.7 Å². The van der Waals surface area contributed by atoms with Crippen LogP contribution in [0.15, 0.2) is 12.1 Å². The monoisotopic (exact) mass is 319 g/mol. The van der Waals surface area contributed by atoms with E-state index in [1.807, 2.05) is 6.07 Å². The number of carbonyl (C=O) groups excluding carboxylic acids is 1. The number of aromatic nitrogens is 4. The summed E-state index contributed by atoms with van der Waals surface area (Å²) in [6, 6.07) is 3.62. The Labute approximate surface area is 131 Å². The molecule has 0 atom stereocenters. The highest BCUT2D eigenvalue weighted by atomic mass is 16.5. The van der Waals surface area contributed by atoms with Crippen molar-refractivity contribution < 1.29 is 19.0 Å². The number of aromatic amines is 1. The SMILES string of the molecule is COC(=O)CCNc1nc2nc3cc(OC)c(OC)cc3n2[nH]1. The van der Waals surface area contributed by atoms with E-state index in [2.05, 4.69) is 25.1 Å². The van der Waals surface area contributed by atoms with Crippen molar-refractivity contribution in [3.8, 4) is 11.5 Å². The average molecular weight is 319 g/mol. The van der Waals surface area contributed by atoms with Crippen molar-refractivity contribution in [3.63, 3.8) is 0 Å². The summed E-state index contributed by atoms with van der Waals surface area (Å²) >= 11 is 0. The summed E-state index contributed by atoms with van der Waals surface area (Å²) in [5.74, 6) is 1.97. The molecule has 2 aromatic heterocycles. The number of benzene rings is 1. The molecule has 9 nitrogen and oxygen atoms in total. The van der Waals surface area contributed by atoms with E-state index in [0.29, 0.717) is 29.8 Å². The fourth-order valence-electron chi connectivity index (χ4n) is 2.27. The van der Waals surface area contributed by atoms with Crippen molar-refractivity contribution in [1.29, 1.82) is 0 Å². The molecule has 3 aromatic rings. The summed E-state index contributed by atoms with van der Waals surface area (Å²) in [5.41, 5.74) is 1.55. The fourth-order valence-corrected chi connectivity index (χ4v) is 2.27. The molecule has 0 amide bonds. The van der Waals surface area contributed by atoms with Crippen LogP contribution in [-0.4, -0.2) is 53.4 Å². The topological polar surface area (TPSA) is 103 Å². The zero-order valence-electron chi connectivity index (χ0n) is 13.0. The maximum absolute atomic E-state index is 11.1. The molecule has 0 aliphatic rings. The lowest BCUT2D eigenvalue weighted by atomic mass is 10.3. The van der Waals surface area contributed by atoms with Crippen LogP contribution in [0.4, 0.5) is 5.95 Å². The van der Waals surface area contributed by atoms with Crippen molar-refractivity contribution in [2.24, 2.45) is 0 Å². The molecule has 2 N–H and O–H groups in total. The molecule has 122 valence electrons. The smallest absolute Gasteiger partial charge is 0.307 e. The maximum Gasteiger partial charge on any atom is 0.307 e. The Bertz CT molecular complexity index is 854. The number of fused-ring (bicyclic) bond motifs is 3. The first kappa shape index (κ1) is 14.9. The van der Waals surface area contributed by atoms with E-state index < -0.39 is 0 Å². The molecule has 1 aromatic carbocycles. The van der Waals surface area contributed by atoms with Crippen molar-refractivity contribution in [3.05, 3.63) is 12.1 Å². The molecule has 0 radical (unpaired) electrons. The fraction of sp³-hybridized carbons (Fsp3) is 0.357. The summed E-state index contributed by atoms with van der Waals surface area (Å²) in [4.78, 5) is 19.9. The summed E-state index contributed by atoms with van der Waals surface area (Å²) in [7, 11) is 4.51. The van der Waals surface area contributed by atoms with Gasteiger partial charge in [0.2, 0.25) is 5.95 Å². The van der Waals surface area contributed by atoms with Crippen molar-refractivity contribution in [2.45, 2.75) is 6.42 Å². The third kappa shape index (κ3) is 2.72. The number of hydrogen-bond acceptors (Lipinski definition) is 7. The zero-order chi connectivity index (χ0) is 16.4. The number of rotatable bonds is 6. The normalized spacial score (nSPS) is 10.9. The average Bonchev–Trinajstić information content (AvgIpc) is 3.10. The van der Waals surface area contributed by atoms with Crippen LogP contribution >= 0.6 is 0 Å². The number of anilines is 1. The Morgan fingerprint density at radius 1 is 1.22 bits per heavy atom. The van der Waals surface area contributed by atoms with Crippen LogP contribution in [0.25, 0.3) is 16.8 Å². The van der Waals surface area contributed by atoms with Gasteiger partial charge in [0.1, 0.15) is 0 Å². The molecule has 2 heterocycles. The lowest BCUT2D eigenvalue weighted by Crippen LogP contribution is -2.10. The van der Waals surface area contributed by atoms with Crippen LogP contribution in [0, 0.1) is 0 Å². The standard InChI is InChI=1S/C14H17N5O4/c1-21-10-6-8-9(7-11(10)22-2)19-14(16-8)17-13(18-19)15-5-4-12(20)23-3/h6-7H,4-5H2,1-3H3,(H2,15,16,17,18). The van der Waals surface area contributed by atoms with Crippen molar-refractivity contribution in [2.75, 3.05) is 33.2 Å². The van der Waals surface area contributed by atoms with E-state index in [4.69, 9.17) is 9.47 Å². The van der Waals surface area contributed by atoms with E-state index in [9.17, 15) is 4.79 Å². The second-order valence-electron chi connectivity index (χ2n) is 4.77. The molecular weight excluding hydrogens is 302 g/mol. The third-order valence-electron chi connectivity index (χ3n) is 3.42. The Hall–Kier alpha value is -2.97. The molecule has 0 aliphatic carbocycles. The largest absolute Gasteiger partial charge is 0.493 e. The predicted molar refractivity (Wildman–Crippen MR) is 83.1 cm³/mol. The van der Waals surface area contributed by atoms with E-state index in [1.54, 1.807) is 24.8 Å². The molecule has 23 heavy (non-hydrogen) atoms. The van der Waals surface area contributed by atoms with E-state index in [1.165, 1.54) is 7.11 Å². The summed E-state index contributed by atoms with van der Waals surface area (Å²) in [5, 5.41) is 6.10.